The van der Waals surface area contributed by atoms with Gasteiger partial charge in [0.15, 0.2) is 0 Å². The SMILES string of the molecule is CC.CCC.CCCC(=O)N(C)C(CC(=O)N(C)C(C(C)CC)C(CC)OC)C(C)C.COC(C(C)C(Cc1ccccc1)C(=O)O)C1CCCN1C=O.NC=O.NC=O. The molecule has 1 aromatic rings. The van der Waals surface area contributed by atoms with Crippen molar-refractivity contribution in [3.63, 3.8) is 0 Å². The molecule has 5 amide bonds. The van der Waals surface area contributed by atoms with Gasteiger partial charge in [-0.05, 0) is 55.4 Å². The molecule has 0 saturated carbocycles. The normalized spacial score (nSPS) is 16.1. The molecule has 0 spiro atoms. The van der Waals surface area contributed by atoms with Crippen molar-refractivity contribution in [1.82, 2.24) is 14.7 Å². The van der Waals surface area contributed by atoms with Crippen molar-refractivity contribution in [2.45, 2.75) is 164 Å². The molecule has 1 aliphatic rings. The molecule has 2 rings (SSSR count). The molecule has 60 heavy (non-hydrogen) atoms. The third kappa shape index (κ3) is 24.3. The Bertz CT molecular complexity index is 1230. The number of nitrogens with zero attached hydrogens (tertiary/aromatic N) is 3. The van der Waals surface area contributed by atoms with Crippen molar-refractivity contribution in [1.29, 1.82) is 0 Å². The Morgan fingerprint density at radius 1 is 0.867 bits per heavy atom. The minimum atomic E-state index is -0.820. The molecule has 0 radical (unpaired) electrons. The van der Waals surface area contributed by atoms with E-state index in [0.717, 1.165) is 50.6 Å². The van der Waals surface area contributed by atoms with Crippen molar-refractivity contribution in [3.05, 3.63) is 35.9 Å². The van der Waals surface area contributed by atoms with E-state index in [1.54, 1.807) is 24.0 Å². The molecule has 14 heteroatoms. The highest BCUT2D eigenvalue weighted by Gasteiger charge is 2.40. The Morgan fingerprint density at radius 2 is 1.38 bits per heavy atom. The summed E-state index contributed by atoms with van der Waals surface area (Å²) in [4.78, 5) is 70.9. The van der Waals surface area contributed by atoms with E-state index < -0.39 is 11.9 Å². The molecule has 1 aliphatic heterocycles. The van der Waals surface area contributed by atoms with Crippen LogP contribution in [0.25, 0.3) is 0 Å². The predicted molar refractivity (Wildman–Crippen MR) is 243 cm³/mol. The van der Waals surface area contributed by atoms with E-state index in [-0.39, 0.29) is 66.8 Å². The molecule has 0 aliphatic carbocycles. The summed E-state index contributed by atoms with van der Waals surface area (Å²) in [6, 6.07) is 9.56. The number of hydrogen-bond donors (Lipinski definition) is 3. The molecular formula is C46H87N5O9. The Labute approximate surface area is 364 Å². The van der Waals surface area contributed by atoms with Gasteiger partial charge < -0.3 is 40.7 Å². The summed E-state index contributed by atoms with van der Waals surface area (Å²) in [7, 11) is 7.03. The number of carbonyl (C=O) groups excluding carboxylic acids is 5. The highest BCUT2D eigenvalue weighted by Crippen LogP contribution is 2.31. The number of rotatable bonds is 20. The molecule has 0 bridgehead atoms. The van der Waals surface area contributed by atoms with Crippen LogP contribution in [0.2, 0.25) is 0 Å². The van der Waals surface area contributed by atoms with Crippen LogP contribution in [0.3, 0.4) is 0 Å². The van der Waals surface area contributed by atoms with Gasteiger partial charge in [0.2, 0.25) is 31.0 Å². The summed E-state index contributed by atoms with van der Waals surface area (Å²) in [5, 5.41) is 9.68. The van der Waals surface area contributed by atoms with Gasteiger partial charge in [0.05, 0.1) is 30.2 Å². The number of carbonyl (C=O) groups is 6. The molecule has 1 aromatic carbocycles. The number of primary amides is 2. The van der Waals surface area contributed by atoms with Crippen LogP contribution in [0.4, 0.5) is 0 Å². The number of ether oxygens (including phenoxy) is 2. The van der Waals surface area contributed by atoms with Gasteiger partial charge in [-0.1, -0.05) is 119 Å². The molecule has 5 N–H and O–H groups in total. The number of carboxylic acid groups (broad SMARTS) is 1. The number of amides is 5. The third-order valence-electron chi connectivity index (χ3n) is 10.6. The van der Waals surface area contributed by atoms with Gasteiger partial charge in [-0.3, -0.25) is 28.8 Å². The van der Waals surface area contributed by atoms with Crippen LogP contribution < -0.4 is 11.5 Å². The number of methoxy groups -OCH3 is 2. The van der Waals surface area contributed by atoms with E-state index in [1.807, 2.05) is 77.0 Å². The van der Waals surface area contributed by atoms with Crippen LogP contribution in [0.5, 0.6) is 0 Å². The first-order chi connectivity index (χ1) is 28.5. The molecule has 8 atom stereocenters. The summed E-state index contributed by atoms with van der Waals surface area (Å²) in [6.45, 7) is 23.4. The van der Waals surface area contributed by atoms with Crippen LogP contribution in [0.1, 0.15) is 133 Å². The zero-order valence-electron chi connectivity index (χ0n) is 40.1. The average molecular weight is 854 g/mol. The van der Waals surface area contributed by atoms with Gasteiger partial charge in [-0.25, -0.2) is 0 Å². The van der Waals surface area contributed by atoms with Crippen LogP contribution in [0, 0.1) is 23.7 Å². The van der Waals surface area contributed by atoms with Gasteiger partial charge in [0.25, 0.3) is 0 Å². The quantitative estimate of drug-likeness (QED) is 0.118. The Hall–Kier alpha value is -4.04. The van der Waals surface area contributed by atoms with Crippen molar-refractivity contribution in [2.75, 3.05) is 34.9 Å². The van der Waals surface area contributed by atoms with Gasteiger partial charge in [0.1, 0.15) is 0 Å². The first kappa shape index (κ1) is 62.6. The largest absolute Gasteiger partial charge is 0.481 e. The van der Waals surface area contributed by atoms with E-state index >= 15 is 0 Å². The zero-order chi connectivity index (χ0) is 47.4. The van der Waals surface area contributed by atoms with Crippen molar-refractivity contribution < 1.29 is 43.3 Å². The maximum atomic E-state index is 13.1. The summed E-state index contributed by atoms with van der Waals surface area (Å²) in [5.41, 5.74) is 9.33. The highest BCUT2D eigenvalue weighted by atomic mass is 16.5. The van der Waals surface area contributed by atoms with Crippen LogP contribution in [-0.2, 0) is 44.7 Å². The minimum absolute atomic E-state index is 0.0239. The number of likely N-dealkylation sites (tertiary alicyclic amines) is 1. The lowest BCUT2D eigenvalue weighted by Gasteiger charge is -2.39. The van der Waals surface area contributed by atoms with E-state index in [2.05, 4.69) is 59.9 Å². The second-order valence-corrected chi connectivity index (χ2v) is 15.1. The lowest BCUT2D eigenvalue weighted by atomic mass is 9.81. The molecule has 1 heterocycles. The van der Waals surface area contributed by atoms with Crippen molar-refractivity contribution in [2.24, 2.45) is 35.1 Å². The van der Waals surface area contributed by atoms with Crippen LogP contribution in [0.15, 0.2) is 30.3 Å². The Balaban J connectivity index is -0.000000422. The number of nitrogens with two attached hydrogens (primary N) is 2. The topological polar surface area (TPSA) is 203 Å². The number of carboxylic acids is 1. The smallest absolute Gasteiger partial charge is 0.307 e. The standard InChI is InChI=1S/C21H42N2O3.C18H25NO4.C3H8.C2H6.2CH3NO/c1-10-13-19(24)22(7)17(15(4)5)14-20(25)23(8)21(16(6)11-2)18(12-3)26-9;1-13(17(23-2)16-9-6-10-19(16)12-20)15(18(21)22)11-14-7-4-3-5-8-14;1-3-2;1-2;2*2-1-3/h15-18,21H,10-14H2,1-9H3;3-5,7-8,12-13,15-17H,6,9-11H2,1-2H3,(H,21,22);3H2,1-2H3;1-2H3;2*1H,(H2,2,3). The van der Waals surface area contributed by atoms with E-state index in [9.17, 15) is 24.3 Å². The fourth-order valence-electron chi connectivity index (χ4n) is 7.29. The van der Waals surface area contributed by atoms with E-state index in [0.29, 0.717) is 25.2 Å². The molecule has 14 nitrogen and oxygen atoms in total. The van der Waals surface area contributed by atoms with Crippen LogP contribution >= 0.6 is 0 Å². The molecule has 350 valence electrons. The zero-order valence-corrected chi connectivity index (χ0v) is 40.1. The monoisotopic (exact) mass is 854 g/mol. The summed E-state index contributed by atoms with van der Waals surface area (Å²) in [5.74, 6) is -0.779. The summed E-state index contributed by atoms with van der Waals surface area (Å²) < 4.78 is 11.3. The molecule has 8 unspecified atom stereocenters. The highest BCUT2D eigenvalue weighted by molar-refractivity contribution is 5.80. The fourth-order valence-corrected chi connectivity index (χ4v) is 7.29. The Kier molecular flexibility index (Phi) is 40.8. The predicted octanol–water partition coefficient (Wildman–Crippen LogP) is 6.81. The van der Waals surface area contributed by atoms with Gasteiger partial charge in [0, 0.05) is 53.7 Å². The first-order valence-electron chi connectivity index (χ1n) is 21.8. The Morgan fingerprint density at radius 3 is 1.77 bits per heavy atom. The summed E-state index contributed by atoms with van der Waals surface area (Å²) in [6.07, 6.45) is 8.18. The number of aliphatic carboxylic acids is 1. The van der Waals surface area contributed by atoms with Crippen LogP contribution in [-0.4, -0.2) is 122 Å². The average Bonchev–Trinajstić information content (AvgIpc) is 3.71. The van der Waals surface area contributed by atoms with Gasteiger partial charge >= 0.3 is 5.97 Å². The first-order valence-corrected chi connectivity index (χ1v) is 21.8. The molecule has 1 fully saturated rings. The molecule has 1 saturated heterocycles. The maximum Gasteiger partial charge on any atom is 0.307 e. The number of hydrogen-bond acceptors (Lipinski definition) is 8. The summed E-state index contributed by atoms with van der Waals surface area (Å²) >= 11 is 0. The fraction of sp³-hybridized carbons (Fsp3) is 0.739. The van der Waals surface area contributed by atoms with Crippen molar-refractivity contribution >= 4 is 37.0 Å². The lowest BCUT2D eigenvalue weighted by Crippen LogP contribution is -2.51. The third-order valence-corrected chi connectivity index (χ3v) is 10.6. The number of likely N-dealkylation sites (N-methyl/N-ethyl adjacent to an activating group) is 1. The van der Waals surface area contributed by atoms with Gasteiger partial charge in [-0.15, -0.1) is 0 Å². The molecule has 0 aromatic heterocycles. The van der Waals surface area contributed by atoms with E-state index in [4.69, 9.17) is 19.1 Å². The minimum Gasteiger partial charge on any atom is -0.481 e. The lowest BCUT2D eigenvalue weighted by molar-refractivity contribution is -0.147. The van der Waals surface area contributed by atoms with Gasteiger partial charge in [-0.2, -0.15) is 0 Å². The number of benzene rings is 1. The van der Waals surface area contributed by atoms with E-state index in [1.165, 1.54) is 6.42 Å². The second kappa shape index (κ2) is 39.1. The second-order valence-electron chi connectivity index (χ2n) is 15.1. The van der Waals surface area contributed by atoms with Crippen molar-refractivity contribution in [3.8, 4) is 0 Å². The maximum absolute atomic E-state index is 13.1. The molecular weight excluding hydrogens is 767 g/mol.